The fourth-order valence-corrected chi connectivity index (χ4v) is 7.04. The summed E-state index contributed by atoms with van der Waals surface area (Å²) in [7, 11) is -4.07. The highest BCUT2D eigenvalue weighted by Gasteiger charge is 2.40. The standard InChI is InChI=1S/C15H36O5Si2/c1-7-16-21(17-8-2)15(6)13-12-14-22(18-9-3,19-10-4)20-11-5/h15,21H,7-14H2,1-6H3. The Kier molecular flexibility index (Phi) is 13.8. The minimum absolute atomic E-state index is 0.483. The first-order valence-corrected chi connectivity index (χ1v) is 12.3. The van der Waals surface area contributed by atoms with Crippen LogP contribution in [0.4, 0.5) is 0 Å². The van der Waals surface area contributed by atoms with Gasteiger partial charge in [0, 0.05) is 39.1 Å². The molecule has 0 aromatic heterocycles. The number of hydrogen-bond donors (Lipinski definition) is 0. The topological polar surface area (TPSA) is 46.2 Å². The van der Waals surface area contributed by atoms with Crippen LogP contribution in [0.25, 0.3) is 0 Å². The summed E-state index contributed by atoms with van der Waals surface area (Å²) < 4.78 is 29.3. The lowest BCUT2D eigenvalue weighted by molar-refractivity contribution is 0.0705. The smallest absolute Gasteiger partial charge is 0.397 e. The predicted octanol–water partition coefficient (Wildman–Crippen LogP) is 3.50. The van der Waals surface area contributed by atoms with Gasteiger partial charge in [-0.2, -0.15) is 0 Å². The fourth-order valence-electron chi connectivity index (χ4n) is 2.48. The van der Waals surface area contributed by atoms with E-state index in [-0.39, 0.29) is 0 Å². The molecule has 7 heteroatoms. The summed E-state index contributed by atoms with van der Waals surface area (Å²) in [5.74, 6) is 0. The van der Waals surface area contributed by atoms with E-state index in [2.05, 4.69) is 6.92 Å². The van der Waals surface area contributed by atoms with Crippen molar-refractivity contribution in [1.82, 2.24) is 0 Å². The lowest BCUT2D eigenvalue weighted by atomic mass is 10.3. The van der Waals surface area contributed by atoms with E-state index in [1.54, 1.807) is 0 Å². The van der Waals surface area contributed by atoms with E-state index in [9.17, 15) is 0 Å². The molecule has 0 aliphatic carbocycles. The number of rotatable bonds is 15. The van der Waals surface area contributed by atoms with Crippen LogP contribution in [0.1, 0.15) is 54.4 Å². The van der Waals surface area contributed by atoms with Crippen molar-refractivity contribution in [2.24, 2.45) is 0 Å². The average Bonchev–Trinajstić information content (AvgIpc) is 2.47. The van der Waals surface area contributed by atoms with Crippen molar-refractivity contribution in [3.63, 3.8) is 0 Å². The molecule has 134 valence electrons. The highest BCUT2D eigenvalue weighted by Crippen LogP contribution is 2.25. The van der Waals surface area contributed by atoms with Gasteiger partial charge in [-0.3, -0.25) is 0 Å². The summed E-state index contributed by atoms with van der Waals surface area (Å²) in [6.45, 7) is 15.7. The summed E-state index contributed by atoms with van der Waals surface area (Å²) in [5, 5.41) is 0. The van der Waals surface area contributed by atoms with Crippen LogP contribution in [-0.4, -0.2) is 51.1 Å². The molecule has 0 heterocycles. The van der Waals surface area contributed by atoms with Crippen LogP contribution in [0, 0.1) is 0 Å². The van der Waals surface area contributed by atoms with Crippen molar-refractivity contribution in [1.29, 1.82) is 0 Å². The normalized spacial score (nSPS) is 13.8. The fraction of sp³-hybridized carbons (Fsp3) is 1.00. The first kappa shape index (κ1) is 22.2. The molecule has 0 saturated carbocycles. The zero-order valence-corrected chi connectivity index (χ0v) is 17.5. The molecule has 1 atom stereocenters. The van der Waals surface area contributed by atoms with Crippen molar-refractivity contribution in [3.05, 3.63) is 0 Å². The summed E-state index contributed by atoms with van der Waals surface area (Å²) >= 11 is 0. The maximum atomic E-state index is 5.89. The van der Waals surface area contributed by atoms with Crippen LogP contribution in [-0.2, 0) is 22.1 Å². The third kappa shape index (κ3) is 8.76. The highest BCUT2D eigenvalue weighted by molar-refractivity contribution is 6.60. The van der Waals surface area contributed by atoms with Crippen molar-refractivity contribution >= 4 is 18.1 Å². The predicted molar refractivity (Wildman–Crippen MR) is 94.5 cm³/mol. The van der Waals surface area contributed by atoms with Crippen molar-refractivity contribution in [2.75, 3.05) is 33.0 Å². The monoisotopic (exact) mass is 352 g/mol. The SMILES string of the molecule is CCO[SiH](OCC)C(C)CCC[Si](OCC)(OCC)OCC. The van der Waals surface area contributed by atoms with Gasteiger partial charge < -0.3 is 22.1 Å². The molecule has 0 aliphatic rings. The molecule has 0 fully saturated rings. The van der Waals surface area contributed by atoms with Crippen molar-refractivity contribution in [3.8, 4) is 0 Å². The zero-order chi connectivity index (χ0) is 16.8. The van der Waals surface area contributed by atoms with E-state index in [0.717, 1.165) is 32.1 Å². The van der Waals surface area contributed by atoms with E-state index in [4.69, 9.17) is 22.1 Å². The first-order valence-electron chi connectivity index (χ1n) is 8.74. The van der Waals surface area contributed by atoms with Crippen LogP contribution in [0.15, 0.2) is 0 Å². The van der Waals surface area contributed by atoms with Crippen LogP contribution in [0.3, 0.4) is 0 Å². The molecular formula is C15H36O5Si2. The molecule has 0 rings (SSSR count). The van der Waals surface area contributed by atoms with Gasteiger partial charge in [-0.25, -0.2) is 0 Å². The van der Waals surface area contributed by atoms with Gasteiger partial charge in [0.25, 0.3) is 0 Å². The molecule has 5 nitrogen and oxygen atoms in total. The quantitative estimate of drug-likeness (QED) is 0.422. The Morgan fingerprint density at radius 3 is 1.59 bits per heavy atom. The maximum Gasteiger partial charge on any atom is 0.500 e. The molecular weight excluding hydrogens is 316 g/mol. The van der Waals surface area contributed by atoms with E-state index < -0.39 is 18.1 Å². The first-order chi connectivity index (χ1) is 10.6. The maximum absolute atomic E-state index is 5.89. The lowest BCUT2D eigenvalue weighted by Gasteiger charge is -2.29. The van der Waals surface area contributed by atoms with E-state index in [1.165, 1.54) is 0 Å². The molecule has 0 amide bonds. The highest BCUT2D eigenvalue weighted by atomic mass is 28.4. The van der Waals surface area contributed by atoms with Crippen LogP contribution >= 0.6 is 0 Å². The van der Waals surface area contributed by atoms with Crippen molar-refractivity contribution in [2.45, 2.75) is 66.0 Å². The summed E-state index contributed by atoms with van der Waals surface area (Å²) in [5.41, 5.74) is 0.483. The zero-order valence-electron chi connectivity index (χ0n) is 15.4. The minimum Gasteiger partial charge on any atom is -0.397 e. The third-order valence-corrected chi connectivity index (χ3v) is 9.10. The molecule has 1 unspecified atom stereocenters. The Bertz CT molecular complexity index is 233. The lowest BCUT2D eigenvalue weighted by Crippen LogP contribution is -2.46. The van der Waals surface area contributed by atoms with E-state index >= 15 is 0 Å². The molecule has 0 spiro atoms. The van der Waals surface area contributed by atoms with E-state index in [0.29, 0.717) is 25.4 Å². The largest absolute Gasteiger partial charge is 0.500 e. The van der Waals surface area contributed by atoms with Gasteiger partial charge in [0.15, 0.2) is 0 Å². The molecule has 0 aromatic carbocycles. The second-order valence-corrected chi connectivity index (χ2v) is 10.4. The van der Waals surface area contributed by atoms with Gasteiger partial charge in [0.05, 0.1) is 0 Å². The van der Waals surface area contributed by atoms with Gasteiger partial charge in [0.1, 0.15) is 0 Å². The van der Waals surface area contributed by atoms with Gasteiger partial charge in [0.2, 0.25) is 0 Å². The molecule has 0 bridgehead atoms. The van der Waals surface area contributed by atoms with Gasteiger partial charge in [-0.05, 0) is 53.0 Å². The third-order valence-electron chi connectivity index (χ3n) is 3.36. The Morgan fingerprint density at radius 2 is 1.23 bits per heavy atom. The van der Waals surface area contributed by atoms with E-state index in [1.807, 2.05) is 34.6 Å². The Morgan fingerprint density at radius 1 is 0.773 bits per heavy atom. The second-order valence-electron chi connectivity index (χ2n) is 5.13. The summed E-state index contributed by atoms with van der Waals surface area (Å²) in [6, 6.07) is 0.867. The summed E-state index contributed by atoms with van der Waals surface area (Å²) in [4.78, 5) is 0. The molecule has 0 N–H and O–H groups in total. The molecule has 0 saturated heterocycles. The van der Waals surface area contributed by atoms with Crippen LogP contribution < -0.4 is 0 Å². The Labute approximate surface area is 139 Å². The van der Waals surface area contributed by atoms with Crippen LogP contribution in [0.5, 0.6) is 0 Å². The summed E-state index contributed by atoms with van der Waals surface area (Å²) in [6.07, 6.45) is 2.09. The average molecular weight is 353 g/mol. The second kappa shape index (κ2) is 13.7. The minimum atomic E-state index is -2.50. The van der Waals surface area contributed by atoms with Gasteiger partial charge >= 0.3 is 18.1 Å². The Hall–Kier alpha value is 0.234. The molecule has 0 aromatic rings. The molecule has 22 heavy (non-hydrogen) atoms. The number of hydrogen-bond acceptors (Lipinski definition) is 5. The Balaban J connectivity index is 4.44. The molecule has 0 aliphatic heterocycles. The van der Waals surface area contributed by atoms with Gasteiger partial charge in [-0.1, -0.05) is 6.92 Å². The van der Waals surface area contributed by atoms with Crippen LogP contribution in [0.2, 0.25) is 11.6 Å². The molecule has 0 radical (unpaired) electrons. The van der Waals surface area contributed by atoms with Crippen molar-refractivity contribution < 1.29 is 22.1 Å². The van der Waals surface area contributed by atoms with Gasteiger partial charge in [-0.15, -0.1) is 0 Å².